The molecule has 6 nitrogen and oxygen atoms in total. The third-order valence-electron chi connectivity index (χ3n) is 5.28. The monoisotopic (exact) mass is 445 g/mol. The van der Waals surface area contributed by atoms with E-state index in [0.717, 1.165) is 23.7 Å². The molecular weight excluding hydrogens is 424 g/mol. The van der Waals surface area contributed by atoms with Crippen LogP contribution >= 0.6 is 0 Å². The fraction of sp³-hybridized carbons (Fsp3) is 0.200. The third-order valence-corrected chi connectivity index (χ3v) is 5.28. The summed E-state index contributed by atoms with van der Waals surface area (Å²) < 4.78 is 34.8. The minimum Gasteiger partial charge on any atom is -0.359 e. The van der Waals surface area contributed by atoms with E-state index in [1.54, 1.807) is 10.9 Å². The molecule has 0 saturated heterocycles. The summed E-state index contributed by atoms with van der Waals surface area (Å²) in [5.41, 5.74) is 4.04. The molecule has 166 valence electrons. The SMILES string of the molecule is CC(C)Cc1ccc(-c2cc(Cn3cc4nc(-c5cccc(F)c5F)nc-4cn3)on2)cc1. The summed E-state index contributed by atoms with van der Waals surface area (Å²) >= 11 is 0. The molecule has 0 spiro atoms. The van der Waals surface area contributed by atoms with Crippen molar-refractivity contribution in [3.05, 3.63) is 83.9 Å². The molecule has 8 heteroatoms. The van der Waals surface area contributed by atoms with E-state index in [0.29, 0.717) is 29.6 Å². The van der Waals surface area contributed by atoms with Crippen molar-refractivity contribution in [3.63, 3.8) is 0 Å². The van der Waals surface area contributed by atoms with Crippen LogP contribution in [0.1, 0.15) is 25.2 Å². The van der Waals surface area contributed by atoms with Gasteiger partial charge in [0.05, 0.1) is 18.0 Å². The van der Waals surface area contributed by atoms with E-state index < -0.39 is 11.6 Å². The minimum absolute atomic E-state index is 0.0111. The van der Waals surface area contributed by atoms with Crippen LogP contribution in [-0.2, 0) is 13.0 Å². The summed E-state index contributed by atoms with van der Waals surface area (Å²) in [5, 5.41) is 8.50. The summed E-state index contributed by atoms with van der Waals surface area (Å²) in [4.78, 5) is 8.62. The lowest BCUT2D eigenvalue weighted by molar-refractivity contribution is 0.372. The number of imidazole rings is 1. The van der Waals surface area contributed by atoms with Crippen molar-refractivity contribution in [3.8, 4) is 34.0 Å². The Hall–Kier alpha value is -3.94. The fourth-order valence-corrected chi connectivity index (χ4v) is 3.71. The van der Waals surface area contributed by atoms with Gasteiger partial charge in [-0.1, -0.05) is 49.3 Å². The summed E-state index contributed by atoms with van der Waals surface area (Å²) in [6.07, 6.45) is 4.26. The largest absolute Gasteiger partial charge is 0.359 e. The highest BCUT2D eigenvalue weighted by molar-refractivity contribution is 5.65. The summed E-state index contributed by atoms with van der Waals surface area (Å²) in [6, 6.07) is 14.1. The highest BCUT2D eigenvalue weighted by atomic mass is 19.2. The molecule has 2 aromatic carbocycles. The van der Waals surface area contributed by atoms with Crippen LogP contribution in [-0.4, -0.2) is 24.9 Å². The molecule has 0 N–H and O–H groups in total. The molecule has 2 aliphatic heterocycles. The minimum atomic E-state index is -0.972. The molecule has 0 fully saturated rings. The Morgan fingerprint density at radius 2 is 1.76 bits per heavy atom. The Morgan fingerprint density at radius 1 is 0.970 bits per heavy atom. The molecule has 0 aliphatic carbocycles. The highest BCUT2D eigenvalue weighted by Crippen LogP contribution is 2.27. The van der Waals surface area contributed by atoms with Crippen molar-refractivity contribution in [2.45, 2.75) is 26.8 Å². The van der Waals surface area contributed by atoms with E-state index in [9.17, 15) is 8.78 Å². The molecule has 0 unspecified atom stereocenters. The highest BCUT2D eigenvalue weighted by Gasteiger charge is 2.18. The number of hydrogen-bond acceptors (Lipinski definition) is 5. The van der Waals surface area contributed by atoms with E-state index in [2.05, 4.69) is 46.2 Å². The van der Waals surface area contributed by atoms with Gasteiger partial charge in [-0.15, -0.1) is 0 Å². The lowest BCUT2D eigenvalue weighted by atomic mass is 10.0. The molecule has 3 heterocycles. The van der Waals surface area contributed by atoms with Gasteiger partial charge in [0, 0.05) is 11.6 Å². The zero-order valence-corrected chi connectivity index (χ0v) is 18.2. The zero-order valence-electron chi connectivity index (χ0n) is 18.2. The normalized spacial score (nSPS) is 11.5. The van der Waals surface area contributed by atoms with Gasteiger partial charge in [-0.2, -0.15) is 5.10 Å². The fourth-order valence-electron chi connectivity index (χ4n) is 3.71. The maximum atomic E-state index is 14.1. The second-order valence-corrected chi connectivity index (χ2v) is 8.36. The first-order valence-electron chi connectivity index (χ1n) is 10.7. The van der Waals surface area contributed by atoms with Crippen molar-refractivity contribution in [1.82, 2.24) is 24.9 Å². The van der Waals surface area contributed by atoms with Gasteiger partial charge in [-0.3, -0.25) is 4.68 Å². The number of hydrogen-bond donors (Lipinski definition) is 0. The third kappa shape index (κ3) is 4.37. The number of benzene rings is 2. The van der Waals surface area contributed by atoms with Crippen LogP contribution in [0.2, 0.25) is 0 Å². The van der Waals surface area contributed by atoms with E-state index in [4.69, 9.17) is 4.52 Å². The number of aromatic nitrogens is 5. The molecule has 0 amide bonds. The van der Waals surface area contributed by atoms with Crippen molar-refractivity contribution < 1.29 is 13.3 Å². The predicted octanol–water partition coefficient (Wildman–Crippen LogP) is 5.62. The van der Waals surface area contributed by atoms with Gasteiger partial charge in [0.2, 0.25) is 0 Å². The van der Waals surface area contributed by atoms with Crippen molar-refractivity contribution in [1.29, 1.82) is 0 Å². The first kappa shape index (κ1) is 20.9. The quantitative estimate of drug-likeness (QED) is 0.339. The number of nitrogens with zero attached hydrogens (tertiary/aromatic N) is 5. The Morgan fingerprint density at radius 3 is 2.55 bits per heavy atom. The van der Waals surface area contributed by atoms with Crippen LogP contribution in [0.4, 0.5) is 8.78 Å². The molecular formula is C25H21F2N5O. The van der Waals surface area contributed by atoms with E-state index in [1.165, 1.54) is 23.9 Å². The second-order valence-electron chi connectivity index (χ2n) is 8.36. The van der Waals surface area contributed by atoms with Crippen LogP contribution in [0.3, 0.4) is 0 Å². The Balaban J connectivity index is 1.35. The molecule has 0 saturated carbocycles. The summed E-state index contributed by atoms with van der Waals surface area (Å²) in [5.74, 6) is -0.564. The predicted molar refractivity (Wildman–Crippen MR) is 119 cm³/mol. The maximum Gasteiger partial charge on any atom is 0.169 e. The molecule has 33 heavy (non-hydrogen) atoms. The first-order valence-corrected chi connectivity index (χ1v) is 10.7. The van der Waals surface area contributed by atoms with Crippen molar-refractivity contribution in [2.75, 3.05) is 0 Å². The van der Waals surface area contributed by atoms with Gasteiger partial charge in [-0.05, 0) is 30.0 Å². The van der Waals surface area contributed by atoms with Gasteiger partial charge in [-0.25, -0.2) is 18.7 Å². The molecule has 0 atom stereocenters. The molecule has 3 aromatic rings. The molecule has 0 radical (unpaired) electrons. The van der Waals surface area contributed by atoms with Gasteiger partial charge >= 0.3 is 0 Å². The van der Waals surface area contributed by atoms with Gasteiger partial charge < -0.3 is 4.52 Å². The molecule has 5 rings (SSSR count). The Kier molecular flexibility index (Phi) is 5.42. The van der Waals surface area contributed by atoms with Gasteiger partial charge in [0.15, 0.2) is 23.2 Å². The Bertz CT molecular complexity index is 1370. The molecule has 1 aromatic heterocycles. The Labute approximate surface area is 189 Å². The standard InChI is InChI=1S/C25H21F2N5O/c1-15(2)10-16-6-8-17(9-7-16)21-11-18(33-31-21)13-32-14-23-22(12-28-32)29-25(30-23)19-4-3-5-20(26)24(19)27/h3-9,11-12,14-15H,10,13H2,1-2H3. The summed E-state index contributed by atoms with van der Waals surface area (Å²) in [7, 11) is 0. The van der Waals surface area contributed by atoms with Crippen molar-refractivity contribution >= 4 is 0 Å². The van der Waals surface area contributed by atoms with E-state index >= 15 is 0 Å². The second kappa shape index (κ2) is 8.54. The molecule has 0 bridgehead atoms. The average molecular weight is 445 g/mol. The lowest BCUT2D eigenvalue weighted by Gasteiger charge is -2.05. The van der Waals surface area contributed by atoms with Crippen molar-refractivity contribution in [2.24, 2.45) is 5.92 Å². The number of halogens is 2. The smallest absolute Gasteiger partial charge is 0.169 e. The molecule has 2 aliphatic rings. The maximum absolute atomic E-state index is 14.1. The van der Waals surface area contributed by atoms with Gasteiger partial charge in [0.1, 0.15) is 23.6 Å². The van der Waals surface area contributed by atoms with Crippen LogP contribution < -0.4 is 0 Å². The topological polar surface area (TPSA) is 69.6 Å². The average Bonchev–Trinajstić information content (AvgIpc) is 3.42. The van der Waals surface area contributed by atoms with Gasteiger partial charge in [0.25, 0.3) is 0 Å². The van der Waals surface area contributed by atoms with Crippen LogP contribution in [0.15, 0.2) is 65.4 Å². The number of rotatable bonds is 6. The first-order chi connectivity index (χ1) is 16.0. The zero-order chi connectivity index (χ0) is 22.9. The van der Waals surface area contributed by atoms with E-state index in [1.807, 2.05) is 18.2 Å². The van der Waals surface area contributed by atoms with Crippen LogP contribution in [0.5, 0.6) is 0 Å². The number of fused-ring (bicyclic) bond motifs is 1. The summed E-state index contributed by atoms with van der Waals surface area (Å²) in [6.45, 7) is 4.73. The van der Waals surface area contributed by atoms with E-state index in [-0.39, 0.29) is 11.4 Å². The lowest BCUT2D eigenvalue weighted by Crippen LogP contribution is -2.04. The van der Waals surface area contributed by atoms with Crippen LogP contribution in [0, 0.1) is 17.6 Å². The van der Waals surface area contributed by atoms with Crippen LogP contribution in [0.25, 0.3) is 34.0 Å².